The van der Waals surface area contributed by atoms with Crippen molar-refractivity contribution in [1.82, 2.24) is 5.32 Å². The molecule has 1 aromatic rings. The summed E-state index contributed by atoms with van der Waals surface area (Å²) in [6.45, 7) is 3.68. The minimum Gasteiger partial charge on any atom is -0.329 e. The SMILES string of the molecule is C[C@@H](CN)NCc1ccccc1. The molecule has 0 fully saturated rings. The highest BCUT2D eigenvalue weighted by Crippen LogP contribution is 1.97. The molecule has 0 aliphatic carbocycles. The van der Waals surface area contributed by atoms with Gasteiger partial charge in [-0.05, 0) is 12.5 Å². The predicted molar refractivity (Wildman–Crippen MR) is 51.8 cm³/mol. The summed E-state index contributed by atoms with van der Waals surface area (Å²) in [5.74, 6) is 0. The second kappa shape index (κ2) is 4.91. The van der Waals surface area contributed by atoms with Crippen molar-refractivity contribution in [3.63, 3.8) is 0 Å². The van der Waals surface area contributed by atoms with Crippen molar-refractivity contribution in [2.75, 3.05) is 6.54 Å². The van der Waals surface area contributed by atoms with E-state index in [1.165, 1.54) is 5.56 Å². The molecule has 3 N–H and O–H groups in total. The summed E-state index contributed by atoms with van der Waals surface area (Å²) in [5.41, 5.74) is 6.78. The second-order valence-corrected chi connectivity index (χ2v) is 3.00. The van der Waals surface area contributed by atoms with E-state index >= 15 is 0 Å². The molecule has 0 aliphatic rings. The van der Waals surface area contributed by atoms with Gasteiger partial charge in [-0.25, -0.2) is 0 Å². The van der Waals surface area contributed by atoms with Gasteiger partial charge in [-0.15, -0.1) is 0 Å². The second-order valence-electron chi connectivity index (χ2n) is 3.00. The monoisotopic (exact) mass is 164 g/mol. The molecule has 1 aromatic carbocycles. The van der Waals surface area contributed by atoms with Crippen LogP contribution in [0.25, 0.3) is 0 Å². The Labute approximate surface area is 73.8 Å². The third-order valence-corrected chi connectivity index (χ3v) is 1.85. The third kappa shape index (κ3) is 3.03. The number of rotatable bonds is 4. The van der Waals surface area contributed by atoms with Crippen LogP contribution in [0.2, 0.25) is 0 Å². The lowest BCUT2D eigenvalue weighted by Gasteiger charge is -2.10. The molecule has 2 nitrogen and oxygen atoms in total. The molecular formula is C10H16N2. The molecule has 0 unspecified atom stereocenters. The van der Waals surface area contributed by atoms with Crippen LogP contribution >= 0.6 is 0 Å². The van der Waals surface area contributed by atoms with E-state index in [0.29, 0.717) is 12.6 Å². The summed E-state index contributed by atoms with van der Waals surface area (Å²) in [6, 6.07) is 10.7. The van der Waals surface area contributed by atoms with Gasteiger partial charge in [-0.2, -0.15) is 0 Å². The van der Waals surface area contributed by atoms with Gasteiger partial charge < -0.3 is 11.1 Å². The van der Waals surface area contributed by atoms with Gasteiger partial charge >= 0.3 is 0 Å². The Balaban J connectivity index is 2.33. The van der Waals surface area contributed by atoms with Crippen LogP contribution in [0.1, 0.15) is 12.5 Å². The van der Waals surface area contributed by atoms with Crippen molar-refractivity contribution in [2.24, 2.45) is 5.73 Å². The van der Waals surface area contributed by atoms with Crippen LogP contribution in [0, 0.1) is 0 Å². The molecular weight excluding hydrogens is 148 g/mol. The first-order valence-electron chi connectivity index (χ1n) is 4.30. The van der Waals surface area contributed by atoms with Gasteiger partial charge in [0.25, 0.3) is 0 Å². The van der Waals surface area contributed by atoms with Crippen LogP contribution in [-0.4, -0.2) is 12.6 Å². The van der Waals surface area contributed by atoms with Crippen LogP contribution in [-0.2, 0) is 6.54 Å². The number of benzene rings is 1. The van der Waals surface area contributed by atoms with Crippen molar-refractivity contribution in [2.45, 2.75) is 19.5 Å². The van der Waals surface area contributed by atoms with E-state index in [2.05, 4.69) is 24.4 Å². The smallest absolute Gasteiger partial charge is 0.0208 e. The lowest BCUT2D eigenvalue weighted by atomic mass is 10.2. The largest absolute Gasteiger partial charge is 0.329 e. The van der Waals surface area contributed by atoms with Crippen molar-refractivity contribution < 1.29 is 0 Å². The standard InChI is InChI=1S/C10H16N2/c1-9(7-11)12-8-10-5-3-2-4-6-10/h2-6,9,12H,7-8,11H2,1H3/t9-/m0/s1. The molecule has 0 heterocycles. The average Bonchev–Trinajstić information content (AvgIpc) is 2.16. The average molecular weight is 164 g/mol. The highest BCUT2D eigenvalue weighted by molar-refractivity contribution is 5.14. The van der Waals surface area contributed by atoms with E-state index < -0.39 is 0 Å². The molecule has 12 heavy (non-hydrogen) atoms. The normalized spacial score (nSPS) is 12.8. The van der Waals surface area contributed by atoms with E-state index in [0.717, 1.165) is 6.54 Å². The maximum absolute atomic E-state index is 5.47. The fraction of sp³-hybridized carbons (Fsp3) is 0.400. The third-order valence-electron chi connectivity index (χ3n) is 1.85. The van der Waals surface area contributed by atoms with Gasteiger partial charge in [0, 0.05) is 19.1 Å². The van der Waals surface area contributed by atoms with Crippen LogP contribution < -0.4 is 11.1 Å². The number of nitrogens with two attached hydrogens (primary N) is 1. The van der Waals surface area contributed by atoms with Crippen molar-refractivity contribution in [3.05, 3.63) is 35.9 Å². The first kappa shape index (κ1) is 9.23. The van der Waals surface area contributed by atoms with Gasteiger partial charge in [0.05, 0.1) is 0 Å². The van der Waals surface area contributed by atoms with E-state index in [-0.39, 0.29) is 0 Å². The molecule has 0 bridgehead atoms. The number of hydrogen-bond donors (Lipinski definition) is 2. The number of nitrogens with one attached hydrogen (secondary N) is 1. The highest BCUT2D eigenvalue weighted by Gasteiger charge is 1.96. The Morgan fingerprint density at radius 2 is 2.00 bits per heavy atom. The topological polar surface area (TPSA) is 38.0 Å². The Hall–Kier alpha value is -0.860. The van der Waals surface area contributed by atoms with Gasteiger partial charge in [-0.3, -0.25) is 0 Å². The lowest BCUT2D eigenvalue weighted by molar-refractivity contribution is 0.556. The zero-order valence-electron chi connectivity index (χ0n) is 7.46. The molecule has 0 saturated carbocycles. The zero-order chi connectivity index (χ0) is 8.81. The van der Waals surface area contributed by atoms with E-state index in [1.807, 2.05) is 18.2 Å². The Bertz CT molecular complexity index is 208. The molecule has 1 atom stereocenters. The molecule has 0 aliphatic heterocycles. The summed E-state index contributed by atoms with van der Waals surface area (Å²) < 4.78 is 0. The molecule has 0 spiro atoms. The van der Waals surface area contributed by atoms with E-state index in [1.54, 1.807) is 0 Å². The summed E-state index contributed by atoms with van der Waals surface area (Å²) >= 11 is 0. The zero-order valence-corrected chi connectivity index (χ0v) is 7.46. The molecule has 0 radical (unpaired) electrons. The highest BCUT2D eigenvalue weighted by atomic mass is 14.9. The van der Waals surface area contributed by atoms with Gasteiger partial charge in [-0.1, -0.05) is 30.3 Å². The van der Waals surface area contributed by atoms with Crippen LogP contribution in [0.3, 0.4) is 0 Å². The molecule has 66 valence electrons. The summed E-state index contributed by atoms with van der Waals surface area (Å²) in [7, 11) is 0. The molecule has 1 rings (SSSR count). The van der Waals surface area contributed by atoms with Gasteiger partial charge in [0.15, 0.2) is 0 Å². The molecule has 0 aromatic heterocycles. The van der Waals surface area contributed by atoms with E-state index in [4.69, 9.17) is 5.73 Å². The van der Waals surface area contributed by atoms with Crippen LogP contribution in [0.15, 0.2) is 30.3 Å². The maximum atomic E-state index is 5.47. The lowest BCUT2D eigenvalue weighted by Crippen LogP contribution is -2.32. The summed E-state index contributed by atoms with van der Waals surface area (Å²) in [6.07, 6.45) is 0. The van der Waals surface area contributed by atoms with Crippen LogP contribution in [0.4, 0.5) is 0 Å². The fourth-order valence-corrected chi connectivity index (χ4v) is 0.971. The van der Waals surface area contributed by atoms with Gasteiger partial charge in [0.1, 0.15) is 0 Å². The summed E-state index contributed by atoms with van der Waals surface area (Å²) in [4.78, 5) is 0. The molecule has 2 heteroatoms. The number of hydrogen-bond acceptors (Lipinski definition) is 2. The van der Waals surface area contributed by atoms with Gasteiger partial charge in [0.2, 0.25) is 0 Å². The minimum atomic E-state index is 0.394. The first-order chi connectivity index (χ1) is 5.83. The van der Waals surface area contributed by atoms with Crippen LogP contribution in [0.5, 0.6) is 0 Å². The Morgan fingerprint density at radius 3 is 2.58 bits per heavy atom. The Morgan fingerprint density at radius 1 is 1.33 bits per heavy atom. The van der Waals surface area contributed by atoms with Crippen molar-refractivity contribution in [1.29, 1.82) is 0 Å². The molecule has 0 amide bonds. The first-order valence-corrected chi connectivity index (χ1v) is 4.30. The fourth-order valence-electron chi connectivity index (χ4n) is 0.971. The summed E-state index contributed by atoms with van der Waals surface area (Å²) in [5, 5.41) is 3.32. The van der Waals surface area contributed by atoms with Crippen molar-refractivity contribution in [3.8, 4) is 0 Å². The van der Waals surface area contributed by atoms with Crippen molar-refractivity contribution >= 4 is 0 Å². The minimum absolute atomic E-state index is 0.394. The predicted octanol–water partition coefficient (Wildman–Crippen LogP) is 1.12. The van der Waals surface area contributed by atoms with E-state index in [9.17, 15) is 0 Å². The maximum Gasteiger partial charge on any atom is 0.0208 e. The quantitative estimate of drug-likeness (QED) is 0.700. The Kier molecular flexibility index (Phi) is 3.77. The molecule has 0 saturated heterocycles.